The van der Waals surface area contributed by atoms with Crippen LogP contribution in [-0.2, 0) is 12.3 Å². The van der Waals surface area contributed by atoms with Gasteiger partial charge in [0.05, 0.1) is 12.8 Å². The molecule has 3 aromatic rings. The van der Waals surface area contributed by atoms with E-state index in [1.54, 1.807) is 18.7 Å². The van der Waals surface area contributed by atoms with Crippen molar-refractivity contribution < 1.29 is 8.81 Å². The summed E-state index contributed by atoms with van der Waals surface area (Å²) in [5, 5.41) is 8.77. The second-order valence-corrected chi connectivity index (χ2v) is 5.18. The quantitative estimate of drug-likeness (QED) is 0.676. The van der Waals surface area contributed by atoms with Gasteiger partial charge in [0.25, 0.3) is 0 Å². The van der Waals surface area contributed by atoms with Crippen LogP contribution in [0.3, 0.4) is 0 Å². The normalized spacial score (nSPS) is 10.8. The van der Waals surface area contributed by atoms with Gasteiger partial charge in [-0.25, -0.2) is 4.39 Å². The number of halogens is 1. The van der Waals surface area contributed by atoms with E-state index in [-0.39, 0.29) is 5.82 Å². The first-order valence-electron chi connectivity index (χ1n) is 6.09. The number of rotatable bonds is 5. The van der Waals surface area contributed by atoms with E-state index in [4.69, 9.17) is 4.42 Å². The molecule has 0 aliphatic rings. The van der Waals surface area contributed by atoms with E-state index in [1.165, 1.54) is 23.9 Å². The molecule has 0 N–H and O–H groups in total. The van der Waals surface area contributed by atoms with Crippen LogP contribution in [0, 0.1) is 5.82 Å². The molecule has 0 aliphatic heterocycles. The minimum absolute atomic E-state index is 0.222. The number of furan rings is 1. The Hall–Kier alpha value is -2.08. The van der Waals surface area contributed by atoms with Crippen molar-refractivity contribution >= 4 is 11.8 Å². The lowest BCUT2D eigenvalue weighted by Gasteiger charge is -2.04. The molecule has 0 saturated heterocycles. The van der Waals surface area contributed by atoms with Crippen molar-refractivity contribution in [2.24, 2.45) is 0 Å². The van der Waals surface area contributed by atoms with Crippen molar-refractivity contribution in [1.82, 2.24) is 14.8 Å². The summed E-state index contributed by atoms with van der Waals surface area (Å²) in [5.74, 6) is 1.27. The van der Waals surface area contributed by atoms with Gasteiger partial charge in [-0.05, 0) is 29.8 Å². The van der Waals surface area contributed by atoms with E-state index in [0.717, 1.165) is 16.5 Å². The molecule has 3 rings (SSSR count). The second-order valence-electron chi connectivity index (χ2n) is 4.24. The van der Waals surface area contributed by atoms with Gasteiger partial charge in [-0.15, -0.1) is 10.2 Å². The summed E-state index contributed by atoms with van der Waals surface area (Å²) in [5.41, 5.74) is 0.919. The molecular formula is C14H12FN3OS. The molecule has 102 valence electrons. The van der Waals surface area contributed by atoms with Crippen LogP contribution < -0.4 is 0 Å². The van der Waals surface area contributed by atoms with Crippen molar-refractivity contribution in [2.45, 2.75) is 17.5 Å². The molecule has 4 nitrogen and oxygen atoms in total. The average molecular weight is 289 g/mol. The van der Waals surface area contributed by atoms with E-state index in [9.17, 15) is 4.39 Å². The van der Waals surface area contributed by atoms with Gasteiger partial charge in [0.15, 0.2) is 5.16 Å². The number of hydrogen-bond donors (Lipinski definition) is 0. The van der Waals surface area contributed by atoms with Crippen molar-refractivity contribution in [2.75, 3.05) is 0 Å². The lowest BCUT2D eigenvalue weighted by molar-refractivity contribution is 0.484. The molecular weight excluding hydrogens is 277 g/mol. The van der Waals surface area contributed by atoms with Crippen LogP contribution in [0.1, 0.15) is 11.3 Å². The van der Waals surface area contributed by atoms with Gasteiger partial charge in [0.1, 0.15) is 17.9 Å². The highest BCUT2D eigenvalue weighted by molar-refractivity contribution is 7.98. The predicted molar refractivity (Wildman–Crippen MR) is 73.8 cm³/mol. The van der Waals surface area contributed by atoms with Crippen LogP contribution in [0.15, 0.2) is 58.6 Å². The summed E-state index contributed by atoms with van der Waals surface area (Å²) in [6, 6.07) is 10.3. The molecule has 0 spiro atoms. The number of nitrogens with zero attached hydrogens (tertiary/aromatic N) is 3. The second kappa shape index (κ2) is 5.92. The van der Waals surface area contributed by atoms with Crippen LogP contribution >= 0.6 is 11.8 Å². The van der Waals surface area contributed by atoms with E-state index in [2.05, 4.69) is 10.2 Å². The zero-order chi connectivity index (χ0) is 13.8. The molecule has 2 heterocycles. The minimum atomic E-state index is -0.222. The van der Waals surface area contributed by atoms with Crippen molar-refractivity contribution in [3.63, 3.8) is 0 Å². The Balaban J connectivity index is 1.67. The summed E-state index contributed by atoms with van der Waals surface area (Å²) >= 11 is 1.52. The topological polar surface area (TPSA) is 43.9 Å². The molecule has 2 aromatic heterocycles. The van der Waals surface area contributed by atoms with Gasteiger partial charge < -0.3 is 8.98 Å². The SMILES string of the molecule is Fc1cccc(CSc2nncn2Cc2ccco2)c1. The van der Waals surface area contributed by atoms with Gasteiger partial charge in [-0.2, -0.15) is 0 Å². The highest BCUT2D eigenvalue weighted by Gasteiger charge is 2.07. The molecule has 20 heavy (non-hydrogen) atoms. The summed E-state index contributed by atoms with van der Waals surface area (Å²) in [7, 11) is 0. The van der Waals surface area contributed by atoms with Crippen molar-refractivity contribution in [3.8, 4) is 0 Å². The lowest BCUT2D eigenvalue weighted by atomic mass is 10.2. The predicted octanol–water partition coefficient (Wildman–Crippen LogP) is 3.35. The number of benzene rings is 1. The highest BCUT2D eigenvalue weighted by atomic mass is 32.2. The van der Waals surface area contributed by atoms with E-state index in [0.29, 0.717) is 12.3 Å². The molecule has 0 fully saturated rings. The fourth-order valence-corrected chi connectivity index (χ4v) is 2.67. The first kappa shape index (κ1) is 12.9. The van der Waals surface area contributed by atoms with E-state index in [1.807, 2.05) is 22.8 Å². The molecule has 0 radical (unpaired) electrons. The van der Waals surface area contributed by atoms with Crippen LogP contribution in [0.4, 0.5) is 4.39 Å². The number of hydrogen-bond acceptors (Lipinski definition) is 4. The molecule has 0 unspecified atom stereocenters. The van der Waals surface area contributed by atoms with Gasteiger partial charge >= 0.3 is 0 Å². The third-order valence-corrected chi connectivity index (χ3v) is 3.80. The van der Waals surface area contributed by atoms with Gasteiger partial charge in [-0.1, -0.05) is 23.9 Å². The van der Waals surface area contributed by atoms with E-state index >= 15 is 0 Å². The Labute approximate surface area is 119 Å². The monoisotopic (exact) mass is 289 g/mol. The molecule has 0 saturated carbocycles. The zero-order valence-corrected chi connectivity index (χ0v) is 11.4. The standard InChI is InChI=1S/C14H12FN3OS/c15-12-4-1-3-11(7-12)9-20-14-17-16-10-18(14)8-13-5-2-6-19-13/h1-7,10H,8-9H2. The van der Waals surface area contributed by atoms with Gasteiger partial charge in [0.2, 0.25) is 0 Å². The maximum Gasteiger partial charge on any atom is 0.191 e. The van der Waals surface area contributed by atoms with Crippen LogP contribution in [0.25, 0.3) is 0 Å². The lowest BCUT2D eigenvalue weighted by Crippen LogP contribution is -1.99. The Kier molecular flexibility index (Phi) is 3.83. The molecule has 6 heteroatoms. The van der Waals surface area contributed by atoms with Crippen molar-refractivity contribution in [1.29, 1.82) is 0 Å². The Morgan fingerprint density at radius 1 is 1.25 bits per heavy atom. The summed E-state index contributed by atoms with van der Waals surface area (Å²) in [6.07, 6.45) is 3.30. The Morgan fingerprint density at radius 3 is 3.00 bits per heavy atom. The molecule has 0 aliphatic carbocycles. The van der Waals surface area contributed by atoms with Crippen LogP contribution in [0.2, 0.25) is 0 Å². The summed E-state index contributed by atoms with van der Waals surface area (Å²) < 4.78 is 20.3. The summed E-state index contributed by atoms with van der Waals surface area (Å²) in [6.45, 7) is 0.589. The fraction of sp³-hybridized carbons (Fsp3) is 0.143. The number of thioether (sulfide) groups is 1. The zero-order valence-electron chi connectivity index (χ0n) is 10.6. The maximum atomic E-state index is 13.1. The third-order valence-electron chi connectivity index (χ3n) is 2.74. The van der Waals surface area contributed by atoms with Gasteiger partial charge in [-0.3, -0.25) is 0 Å². The maximum absolute atomic E-state index is 13.1. The Morgan fingerprint density at radius 2 is 2.20 bits per heavy atom. The Bertz CT molecular complexity index is 681. The first-order chi connectivity index (χ1) is 9.81. The molecule has 0 bridgehead atoms. The van der Waals surface area contributed by atoms with Crippen LogP contribution in [0.5, 0.6) is 0 Å². The molecule has 1 aromatic carbocycles. The average Bonchev–Trinajstić information content (AvgIpc) is 3.09. The minimum Gasteiger partial charge on any atom is -0.467 e. The van der Waals surface area contributed by atoms with Crippen LogP contribution in [-0.4, -0.2) is 14.8 Å². The molecule has 0 amide bonds. The fourth-order valence-electron chi connectivity index (χ4n) is 1.81. The number of aromatic nitrogens is 3. The van der Waals surface area contributed by atoms with Crippen molar-refractivity contribution in [3.05, 3.63) is 66.1 Å². The highest BCUT2D eigenvalue weighted by Crippen LogP contribution is 2.21. The van der Waals surface area contributed by atoms with Gasteiger partial charge in [0, 0.05) is 5.75 Å². The smallest absolute Gasteiger partial charge is 0.191 e. The van der Waals surface area contributed by atoms with E-state index < -0.39 is 0 Å². The largest absolute Gasteiger partial charge is 0.467 e. The third kappa shape index (κ3) is 3.08. The first-order valence-corrected chi connectivity index (χ1v) is 7.07. The summed E-state index contributed by atoms with van der Waals surface area (Å²) in [4.78, 5) is 0. The molecule has 0 atom stereocenters.